The smallest absolute Gasteiger partial charge is 0.125 e. The van der Waals surface area contributed by atoms with Crippen molar-refractivity contribution in [2.45, 2.75) is 33.6 Å². The van der Waals surface area contributed by atoms with Gasteiger partial charge in [-0.15, -0.1) is 0 Å². The number of methoxy groups -OCH3 is 2. The van der Waals surface area contributed by atoms with Gasteiger partial charge in [0.05, 0.1) is 14.2 Å². The Labute approximate surface area is 92.2 Å². The first-order valence-corrected chi connectivity index (χ1v) is 5.25. The SMILES string of the molecule is COc1cc(C(C)C)c(OC)c(C)c1C. The molecule has 0 fully saturated rings. The summed E-state index contributed by atoms with van der Waals surface area (Å²) in [5.41, 5.74) is 3.52. The molecule has 0 aliphatic rings. The Morgan fingerprint density at radius 3 is 2.00 bits per heavy atom. The van der Waals surface area contributed by atoms with Crippen LogP contribution in [0.3, 0.4) is 0 Å². The van der Waals surface area contributed by atoms with Gasteiger partial charge >= 0.3 is 0 Å². The minimum atomic E-state index is 0.438. The van der Waals surface area contributed by atoms with E-state index in [0.29, 0.717) is 5.92 Å². The Morgan fingerprint density at radius 1 is 1.00 bits per heavy atom. The monoisotopic (exact) mass is 208 g/mol. The van der Waals surface area contributed by atoms with Crippen molar-refractivity contribution in [3.63, 3.8) is 0 Å². The zero-order valence-electron chi connectivity index (χ0n) is 10.5. The summed E-state index contributed by atoms with van der Waals surface area (Å²) in [7, 11) is 3.43. The summed E-state index contributed by atoms with van der Waals surface area (Å²) in [6, 6.07) is 2.08. The lowest BCUT2D eigenvalue weighted by atomic mass is 9.96. The fraction of sp³-hybridized carbons (Fsp3) is 0.538. The predicted octanol–water partition coefficient (Wildman–Crippen LogP) is 3.44. The van der Waals surface area contributed by atoms with E-state index in [1.54, 1.807) is 14.2 Å². The van der Waals surface area contributed by atoms with Crippen molar-refractivity contribution in [1.29, 1.82) is 0 Å². The van der Waals surface area contributed by atoms with Crippen LogP contribution in [0.5, 0.6) is 11.5 Å². The summed E-state index contributed by atoms with van der Waals surface area (Å²) >= 11 is 0. The number of hydrogen-bond acceptors (Lipinski definition) is 2. The van der Waals surface area contributed by atoms with Crippen LogP contribution in [-0.2, 0) is 0 Å². The fourth-order valence-electron chi connectivity index (χ4n) is 1.80. The minimum absolute atomic E-state index is 0.438. The van der Waals surface area contributed by atoms with Crippen LogP contribution in [0.25, 0.3) is 0 Å². The van der Waals surface area contributed by atoms with Gasteiger partial charge in [0.1, 0.15) is 11.5 Å². The largest absolute Gasteiger partial charge is 0.496 e. The van der Waals surface area contributed by atoms with E-state index in [4.69, 9.17) is 9.47 Å². The Balaban J connectivity index is 3.44. The highest BCUT2D eigenvalue weighted by Gasteiger charge is 2.15. The Bertz CT molecular complexity index is 354. The van der Waals surface area contributed by atoms with Crippen molar-refractivity contribution >= 4 is 0 Å². The Kier molecular flexibility index (Phi) is 3.61. The van der Waals surface area contributed by atoms with Crippen LogP contribution in [0.1, 0.15) is 36.5 Å². The highest BCUT2D eigenvalue weighted by Crippen LogP contribution is 2.36. The lowest BCUT2D eigenvalue weighted by molar-refractivity contribution is 0.391. The molecule has 0 atom stereocenters. The van der Waals surface area contributed by atoms with Crippen molar-refractivity contribution in [3.05, 3.63) is 22.8 Å². The van der Waals surface area contributed by atoms with Crippen molar-refractivity contribution in [1.82, 2.24) is 0 Å². The van der Waals surface area contributed by atoms with Crippen LogP contribution >= 0.6 is 0 Å². The van der Waals surface area contributed by atoms with Gasteiger partial charge in [-0.3, -0.25) is 0 Å². The van der Waals surface area contributed by atoms with Gasteiger partial charge in [-0.25, -0.2) is 0 Å². The molecule has 0 aliphatic carbocycles. The first kappa shape index (κ1) is 11.9. The molecule has 84 valence electrons. The summed E-state index contributed by atoms with van der Waals surface area (Å²) < 4.78 is 10.8. The van der Waals surface area contributed by atoms with Crippen LogP contribution in [-0.4, -0.2) is 14.2 Å². The quantitative estimate of drug-likeness (QED) is 0.757. The highest BCUT2D eigenvalue weighted by atomic mass is 16.5. The van der Waals surface area contributed by atoms with E-state index >= 15 is 0 Å². The second-order valence-electron chi connectivity index (χ2n) is 4.11. The van der Waals surface area contributed by atoms with Crippen LogP contribution in [0.2, 0.25) is 0 Å². The number of hydrogen-bond donors (Lipinski definition) is 0. The molecule has 0 heterocycles. The van der Waals surface area contributed by atoms with Gasteiger partial charge < -0.3 is 9.47 Å². The minimum Gasteiger partial charge on any atom is -0.496 e. The van der Waals surface area contributed by atoms with E-state index in [2.05, 4.69) is 33.8 Å². The van der Waals surface area contributed by atoms with Crippen molar-refractivity contribution in [2.24, 2.45) is 0 Å². The molecule has 0 bridgehead atoms. The van der Waals surface area contributed by atoms with E-state index in [0.717, 1.165) is 17.1 Å². The molecule has 0 saturated carbocycles. The second-order valence-corrected chi connectivity index (χ2v) is 4.11. The molecule has 0 aromatic heterocycles. The number of ether oxygens (including phenoxy) is 2. The molecule has 0 spiro atoms. The van der Waals surface area contributed by atoms with Gasteiger partial charge in [-0.05, 0) is 37.0 Å². The third kappa shape index (κ3) is 2.09. The molecule has 0 N–H and O–H groups in total. The lowest BCUT2D eigenvalue weighted by Gasteiger charge is -2.18. The van der Waals surface area contributed by atoms with Crippen molar-refractivity contribution in [2.75, 3.05) is 14.2 Å². The molecule has 2 heteroatoms. The average Bonchev–Trinajstić information content (AvgIpc) is 2.21. The maximum atomic E-state index is 5.46. The first-order valence-electron chi connectivity index (χ1n) is 5.25. The Hall–Kier alpha value is -1.18. The van der Waals surface area contributed by atoms with Crippen LogP contribution in [0, 0.1) is 13.8 Å². The van der Waals surface area contributed by atoms with Crippen LogP contribution in [0.4, 0.5) is 0 Å². The Morgan fingerprint density at radius 2 is 1.60 bits per heavy atom. The molecule has 0 amide bonds. The van der Waals surface area contributed by atoms with Gasteiger partial charge in [0.25, 0.3) is 0 Å². The zero-order valence-corrected chi connectivity index (χ0v) is 10.5. The van der Waals surface area contributed by atoms with Gasteiger partial charge in [0.2, 0.25) is 0 Å². The molecule has 2 nitrogen and oxygen atoms in total. The standard InChI is InChI=1S/C13H20O2/c1-8(2)11-7-12(14-5)9(3)10(4)13(11)15-6/h7-8H,1-6H3. The summed E-state index contributed by atoms with van der Waals surface area (Å²) in [5.74, 6) is 2.37. The molecule has 0 saturated heterocycles. The van der Waals surface area contributed by atoms with Crippen LogP contribution < -0.4 is 9.47 Å². The van der Waals surface area contributed by atoms with Crippen LogP contribution in [0.15, 0.2) is 6.07 Å². The third-order valence-electron chi connectivity index (χ3n) is 2.87. The lowest BCUT2D eigenvalue weighted by Crippen LogP contribution is -2.01. The molecule has 0 radical (unpaired) electrons. The van der Waals surface area contributed by atoms with Gasteiger partial charge in [-0.2, -0.15) is 0 Å². The zero-order chi connectivity index (χ0) is 11.6. The molecule has 1 aromatic carbocycles. The average molecular weight is 208 g/mol. The van der Waals surface area contributed by atoms with E-state index in [1.165, 1.54) is 11.1 Å². The summed E-state index contributed by atoms with van der Waals surface area (Å²) in [6.45, 7) is 8.45. The normalized spacial score (nSPS) is 10.6. The number of benzene rings is 1. The van der Waals surface area contributed by atoms with E-state index in [-0.39, 0.29) is 0 Å². The third-order valence-corrected chi connectivity index (χ3v) is 2.87. The van der Waals surface area contributed by atoms with Gasteiger partial charge in [0, 0.05) is 5.56 Å². The van der Waals surface area contributed by atoms with Gasteiger partial charge in [0.15, 0.2) is 0 Å². The van der Waals surface area contributed by atoms with Crippen molar-refractivity contribution < 1.29 is 9.47 Å². The first-order chi connectivity index (χ1) is 7.02. The number of rotatable bonds is 3. The predicted molar refractivity (Wildman–Crippen MR) is 63.1 cm³/mol. The molecule has 0 unspecified atom stereocenters. The molecule has 1 rings (SSSR count). The molecule has 15 heavy (non-hydrogen) atoms. The van der Waals surface area contributed by atoms with Gasteiger partial charge in [-0.1, -0.05) is 13.8 Å². The summed E-state index contributed by atoms with van der Waals surface area (Å²) in [6.07, 6.45) is 0. The molecular formula is C13H20O2. The summed E-state index contributed by atoms with van der Waals surface area (Å²) in [5, 5.41) is 0. The topological polar surface area (TPSA) is 18.5 Å². The fourth-order valence-corrected chi connectivity index (χ4v) is 1.80. The van der Waals surface area contributed by atoms with E-state index < -0.39 is 0 Å². The maximum Gasteiger partial charge on any atom is 0.125 e. The molecule has 0 aliphatic heterocycles. The van der Waals surface area contributed by atoms with E-state index in [1.807, 2.05) is 0 Å². The maximum absolute atomic E-state index is 5.46. The molecular weight excluding hydrogens is 188 g/mol. The van der Waals surface area contributed by atoms with E-state index in [9.17, 15) is 0 Å². The summed E-state index contributed by atoms with van der Waals surface area (Å²) in [4.78, 5) is 0. The second kappa shape index (κ2) is 4.56. The highest BCUT2D eigenvalue weighted by molar-refractivity contribution is 5.53. The molecule has 1 aromatic rings. The van der Waals surface area contributed by atoms with Crippen molar-refractivity contribution in [3.8, 4) is 11.5 Å².